The van der Waals surface area contributed by atoms with E-state index in [-0.39, 0.29) is 30.2 Å². The van der Waals surface area contributed by atoms with Gasteiger partial charge in [0.05, 0.1) is 30.1 Å². The minimum absolute atomic E-state index is 0.0563. The Morgan fingerprint density at radius 2 is 1.87 bits per heavy atom. The minimum Gasteiger partial charge on any atom is -0.394 e. The molecule has 2 aromatic carbocycles. The summed E-state index contributed by atoms with van der Waals surface area (Å²) in [5.41, 5.74) is 1.20. The molecular weight excluding hydrogens is 494 g/mol. The van der Waals surface area contributed by atoms with Crippen LogP contribution in [0.25, 0.3) is 0 Å². The van der Waals surface area contributed by atoms with E-state index in [0.717, 1.165) is 23.1 Å². The standard InChI is InChI=1S/C31H39N3O5/c1-6-14-32-27(36)24-25-29(38)34(23(17-35)21-10-8-7-9-11-21)26(31(25)16-20(4)30(24,5)39-31)28(37)33-22-15-18(2)12-13-19(22)3/h7-13,15,20,23-26,35H,6,14,16-17H2,1-5H3,(H,32,36)(H,33,37)/t20?,23-,24+,25+,26?,30-,31?/m1/s1. The van der Waals surface area contributed by atoms with Crippen LogP contribution < -0.4 is 10.6 Å². The van der Waals surface area contributed by atoms with Gasteiger partial charge >= 0.3 is 0 Å². The van der Waals surface area contributed by atoms with Gasteiger partial charge in [0, 0.05) is 12.2 Å². The Morgan fingerprint density at radius 1 is 1.15 bits per heavy atom. The average molecular weight is 534 g/mol. The highest BCUT2D eigenvalue weighted by Crippen LogP contribution is 2.66. The van der Waals surface area contributed by atoms with Crippen molar-refractivity contribution in [2.75, 3.05) is 18.5 Å². The lowest BCUT2D eigenvalue weighted by Crippen LogP contribution is -2.55. The summed E-state index contributed by atoms with van der Waals surface area (Å²) >= 11 is 0. The molecule has 0 saturated carbocycles. The number of amides is 3. The fourth-order valence-corrected chi connectivity index (χ4v) is 7.17. The molecule has 2 aromatic rings. The number of anilines is 1. The van der Waals surface area contributed by atoms with Gasteiger partial charge < -0.3 is 25.4 Å². The maximum Gasteiger partial charge on any atom is 0.250 e. The molecule has 0 aliphatic carbocycles. The van der Waals surface area contributed by atoms with Gasteiger partial charge in [-0.15, -0.1) is 0 Å². The summed E-state index contributed by atoms with van der Waals surface area (Å²) in [5.74, 6) is -2.55. The first-order valence-electron chi connectivity index (χ1n) is 13.9. The van der Waals surface area contributed by atoms with Crippen molar-refractivity contribution in [3.8, 4) is 0 Å². The maximum absolute atomic E-state index is 14.4. The number of aryl methyl sites for hydroxylation is 2. The molecule has 3 fully saturated rings. The Kier molecular flexibility index (Phi) is 7.06. The van der Waals surface area contributed by atoms with Gasteiger partial charge in [-0.2, -0.15) is 0 Å². The molecule has 208 valence electrons. The molecule has 7 atom stereocenters. The predicted octanol–water partition coefficient (Wildman–Crippen LogP) is 3.51. The largest absolute Gasteiger partial charge is 0.394 e. The fraction of sp³-hybridized carbons (Fsp3) is 0.516. The van der Waals surface area contributed by atoms with Crippen LogP contribution in [0.5, 0.6) is 0 Å². The van der Waals surface area contributed by atoms with Crippen LogP contribution in [0.1, 0.15) is 56.3 Å². The van der Waals surface area contributed by atoms with Crippen LogP contribution in [0.4, 0.5) is 5.69 Å². The lowest BCUT2D eigenvalue weighted by Gasteiger charge is -2.37. The van der Waals surface area contributed by atoms with Gasteiger partial charge in [0.1, 0.15) is 11.6 Å². The van der Waals surface area contributed by atoms with E-state index in [1.165, 1.54) is 4.90 Å². The van der Waals surface area contributed by atoms with Crippen molar-refractivity contribution in [3.63, 3.8) is 0 Å². The van der Waals surface area contributed by atoms with Crippen molar-refractivity contribution in [2.24, 2.45) is 17.8 Å². The van der Waals surface area contributed by atoms with E-state index >= 15 is 0 Å². The normalized spacial score (nSPS) is 31.7. The molecule has 1 spiro atoms. The van der Waals surface area contributed by atoms with E-state index in [9.17, 15) is 19.5 Å². The number of carbonyl (C=O) groups is 3. The fourth-order valence-electron chi connectivity index (χ4n) is 7.17. The SMILES string of the molecule is CCCNC(=O)[C@@H]1[C@H]2C(=O)N([C@H](CO)c3ccccc3)C(C(=O)Nc3cc(C)ccc3C)C23CC(C)[C@@]1(C)O3. The Balaban J connectivity index is 1.63. The smallest absolute Gasteiger partial charge is 0.250 e. The van der Waals surface area contributed by atoms with Gasteiger partial charge in [-0.3, -0.25) is 14.4 Å². The summed E-state index contributed by atoms with van der Waals surface area (Å²) in [5, 5.41) is 16.7. The molecule has 3 heterocycles. The number of hydrogen-bond donors (Lipinski definition) is 3. The summed E-state index contributed by atoms with van der Waals surface area (Å²) in [6.07, 6.45) is 1.23. The monoisotopic (exact) mass is 533 g/mol. The van der Waals surface area contributed by atoms with Gasteiger partial charge in [0.25, 0.3) is 0 Å². The highest BCUT2D eigenvalue weighted by Gasteiger charge is 2.80. The molecule has 5 rings (SSSR count). The molecule has 8 nitrogen and oxygen atoms in total. The topological polar surface area (TPSA) is 108 Å². The Hall–Kier alpha value is -3.23. The molecule has 3 N–H and O–H groups in total. The molecule has 3 unspecified atom stereocenters. The molecule has 3 aliphatic rings. The second-order valence-corrected chi connectivity index (χ2v) is 11.7. The van der Waals surface area contributed by atoms with Gasteiger partial charge in [-0.1, -0.05) is 56.3 Å². The molecule has 8 heteroatoms. The van der Waals surface area contributed by atoms with Crippen LogP contribution in [0, 0.1) is 31.6 Å². The zero-order valence-corrected chi connectivity index (χ0v) is 23.4. The lowest BCUT2D eigenvalue weighted by molar-refractivity contribution is -0.149. The molecule has 39 heavy (non-hydrogen) atoms. The van der Waals surface area contributed by atoms with Crippen molar-refractivity contribution in [3.05, 3.63) is 65.2 Å². The number of rotatable bonds is 8. The van der Waals surface area contributed by atoms with Crippen LogP contribution >= 0.6 is 0 Å². The van der Waals surface area contributed by atoms with Crippen LogP contribution in [0.2, 0.25) is 0 Å². The number of likely N-dealkylation sites (tertiary alicyclic amines) is 1. The van der Waals surface area contributed by atoms with Gasteiger partial charge in [0.15, 0.2) is 0 Å². The number of carbonyl (C=O) groups excluding carboxylic acids is 3. The quantitative estimate of drug-likeness (QED) is 0.481. The summed E-state index contributed by atoms with van der Waals surface area (Å²) in [4.78, 5) is 43.8. The van der Waals surface area contributed by atoms with Crippen molar-refractivity contribution >= 4 is 23.4 Å². The Bertz CT molecular complexity index is 1280. The van der Waals surface area contributed by atoms with Crippen molar-refractivity contribution in [1.29, 1.82) is 0 Å². The number of ether oxygens (including phenoxy) is 1. The molecule has 3 saturated heterocycles. The summed E-state index contributed by atoms with van der Waals surface area (Å²) in [6, 6.07) is 13.3. The molecule has 3 amide bonds. The number of nitrogens with zero attached hydrogens (tertiary/aromatic N) is 1. The summed E-state index contributed by atoms with van der Waals surface area (Å²) in [7, 11) is 0. The molecule has 2 bridgehead atoms. The first-order chi connectivity index (χ1) is 18.6. The van der Waals surface area contributed by atoms with Gasteiger partial charge in [-0.25, -0.2) is 0 Å². The third-order valence-electron chi connectivity index (χ3n) is 9.18. The second-order valence-electron chi connectivity index (χ2n) is 11.7. The van der Waals surface area contributed by atoms with E-state index in [4.69, 9.17) is 4.74 Å². The molecule has 0 radical (unpaired) electrons. The van der Waals surface area contributed by atoms with Crippen LogP contribution in [0.3, 0.4) is 0 Å². The van der Waals surface area contributed by atoms with E-state index in [0.29, 0.717) is 18.7 Å². The number of nitrogens with one attached hydrogen (secondary N) is 2. The number of hydrogen-bond acceptors (Lipinski definition) is 5. The Labute approximate surface area is 230 Å². The first kappa shape index (κ1) is 27.3. The van der Waals surface area contributed by atoms with Crippen LogP contribution in [-0.2, 0) is 19.1 Å². The van der Waals surface area contributed by atoms with Crippen LogP contribution in [0.15, 0.2) is 48.5 Å². The number of aliphatic hydroxyl groups is 1. The summed E-state index contributed by atoms with van der Waals surface area (Å²) in [6.45, 7) is 9.91. The van der Waals surface area contributed by atoms with Gasteiger partial charge in [0.2, 0.25) is 17.7 Å². The minimum atomic E-state index is -1.19. The summed E-state index contributed by atoms with van der Waals surface area (Å²) < 4.78 is 6.79. The number of aliphatic hydroxyl groups excluding tert-OH is 1. The lowest BCUT2D eigenvalue weighted by atomic mass is 9.62. The van der Waals surface area contributed by atoms with E-state index in [2.05, 4.69) is 10.6 Å². The van der Waals surface area contributed by atoms with Gasteiger partial charge in [-0.05, 0) is 62.3 Å². The predicted molar refractivity (Wildman–Crippen MR) is 148 cm³/mol. The van der Waals surface area contributed by atoms with E-state index in [1.54, 1.807) is 0 Å². The third-order valence-corrected chi connectivity index (χ3v) is 9.18. The molecular formula is C31H39N3O5. The van der Waals surface area contributed by atoms with Crippen molar-refractivity contribution < 1.29 is 24.2 Å². The number of fused-ring (bicyclic) bond motifs is 1. The second kappa shape index (κ2) is 10.1. The zero-order chi connectivity index (χ0) is 28.1. The van der Waals surface area contributed by atoms with Crippen molar-refractivity contribution in [1.82, 2.24) is 10.2 Å². The Morgan fingerprint density at radius 3 is 2.54 bits per heavy atom. The third kappa shape index (κ3) is 4.16. The first-order valence-corrected chi connectivity index (χ1v) is 13.9. The highest BCUT2D eigenvalue weighted by molar-refractivity contribution is 6.04. The highest BCUT2D eigenvalue weighted by atomic mass is 16.5. The van der Waals surface area contributed by atoms with Crippen molar-refractivity contribution in [2.45, 2.75) is 70.7 Å². The average Bonchev–Trinajstić information content (AvgIpc) is 3.43. The van der Waals surface area contributed by atoms with E-state index < -0.39 is 35.1 Å². The zero-order valence-electron chi connectivity index (χ0n) is 23.4. The maximum atomic E-state index is 14.4. The molecule has 0 aromatic heterocycles. The number of benzene rings is 2. The van der Waals surface area contributed by atoms with E-state index in [1.807, 2.05) is 83.1 Å². The van der Waals surface area contributed by atoms with Crippen LogP contribution in [-0.4, -0.2) is 58.1 Å². The molecule has 3 aliphatic heterocycles.